The van der Waals surface area contributed by atoms with Gasteiger partial charge in [-0.05, 0) is 30.5 Å². The lowest BCUT2D eigenvalue weighted by atomic mass is 10.1. The monoisotopic (exact) mass is 244 g/mol. The van der Waals surface area contributed by atoms with Crippen LogP contribution in [0.2, 0.25) is 0 Å². The molecule has 2 nitrogen and oxygen atoms in total. The van der Waals surface area contributed by atoms with Crippen LogP contribution in [0.1, 0.15) is 44.0 Å². The summed E-state index contributed by atoms with van der Waals surface area (Å²) in [6.45, 7) is 9.08. The van der Waals surface area contributed by atoms with Crippen molar-refractivity contribution >= 4 is 0 Å². The molecular weight excluding hydrogens is 220 g/mol. The van der Waals surface area contributed by atoms with Gasteiger partial charge in [0.1, 0.15) is 0 Å². The molecule has 0 aliphatic rings. The zero-order valence-corrected chi connectivity index (χ0v) is 12.0. The van der Waals surface area contributed by atoms with E-state index in [1.165, 1.54) is 24.0 Å². The van der Waals surface area contributed by atoms with Crippen molar-refractivity contribution in [2.24, 2.45) is 0 Å². The van der Waals surface area contributed by atoms with E-state index in [0.717, 1.165) is 12.2 Å². The highest BCUT2D eigenvalue weighted by molar-refractivity contribution is 5.22. The molecule has 2 rings (SSSR count). The molecule has 0 fully saturated rings. The largest absolute Gasteiger partial charge is 0.268 e. The molecule has 0 amide bonds. The van der Waals surface area contributed by atoms with Gasteiger partial charge in [0, 0.05) is 6.20 Å². The van der Waals surface area contributed by atoms with Crippen molar-refractivity contribution < 1.29 is 0 Å². The van der Waals surface area contributed by atoms with Crippen molar-refractivity contribution in [1.82, 2.24) is 9.78 Å². The molecule has 1 aromatic heterocycles. The van der Waals surface area contributed by atoms with E-state index >= 15 is 0 Å². The van der Waals surface area contributed by atoms with Crippen LogP contribution in [0.5, 0.6) is 0 Å². The maximum atomic E-state index is 4.38. The Hall–Kier alpha value is -1.57. The first-order valence-electron chi connectivity index (χ1n) is 6.86. The number of hydrogen-bond donors (Lipinski definition) is 0. The Balaban J connectivity index is 0.000000771. The van der Waals surface area contributed by atoms with Crippen LogP contribution in [0.25, 0.3) is 0 Å². The first-order chi connectivity index (χ1) is 8.78. The fourth-order valence-electron chi connectivity index (χ4n) is 1.84. The SMILES string of the molecule is CC.CCCc1ccc(Cn2ccc(C)n2)cc1. The summed E-state index contributed by atoms with van der Waals surface area (Å²) in [5.41, 5.74) is 3.80. The molecule has 0 aliphatic heterocycles. The van der Waals surface area contributed by atoms with Crippen LogP contribution in [0.15, 0.2) is 36.5 Å². The average molecular weight is 244 g/mol. The summed E-state index contributed by atoms with van der Waals surface area (Å²) in [5, 5.41) is 4.38. The number of benzene rings is 1. The van der Waals surface area contributed by atoms with E-state index in [0.29, 0.717) is 0 Å². The van der Waals surface area contributed by atoms with Gasteiger partial charge in [-0.2, -0.15) is 5.10 Å². The number of aromatic nitrogens is 2. The van der Waals surface area contributed by atoms with Gasteiger partial charge in [0.15, 0.2) is 0 Å². The summed E-state index contributed by atoms with van der Waals surface area (Å²) >= 11 is 0. The third kappa shape index (κ3) is 4.36. The molecule has 0 spiro atoms. The number of nitrogens with zero attached hydrogens (tertiary/aromatic N) is 2. The molecule has 0 atom stereocenters. The smallest absolute Gasteiger partial charge is 0.0659 e. The molecule has 0 saturated carbocycles. The van der Waals surface area contributed by atoms with E-state index < -0.39 is 0 Å². The second kappa shape index (κ2) is 7.70. The maximum Gasteiger partial charge on any atom is 0.0659 e. The highest BCUT2D eigenvalue weighted by atomic mass is 15.3. The number of aryl methyl sites for hydroxylation is 2. The average Bonchev–Trinajstić information content (AvgIpc) is 2.80. The lowest BCUT2D eigenvalue weighted by Gasteiger charge is -2.03. The van der Waals surface area contributed by atoms with E-state index in [9.17, 15) is 0 Å². The third-order valence-electron chi connectivity index (χ3n) is 2.68. The van der Waals surface area contributed by atoms with E-state index in [1.54, 1.807) is 0 Å². The molecule has 0 unspecified atom stereocenters. The Morgan fingerprint density at radius 3 is 2.11 bits per heavy atom. The Labute approximate surface area is 111 Å². The number of rotatable bonds is 4. The van der Waals surface area contributed by atoms with Gasteiger partial charge in [-0.1, -0.05) is 51.5 Å². The standard InChI is InChI=1S/C14H18N2.C2H6/c1-3-4-13-5-7-14(8-6-13)11-16-10-9-12(2)15-16;1-2/h5-10H,3-4,11H2,1-2H3;1-2H3. The van der Waals surface area contributed by atoms with Crippen molar-refractivity contribution in [3.05, 3.63) is 53.3 Å². The molecule has 98 valence electrons. The van der Waals surface area contributed by atoms with Gasteiger partial charge in [0.25, 0.3) is 0 Å². The van der Waals surface area contributed by atoms with Crippen molar-refractivity contribution in [3.63, 3.8) is 0 Å². The van der Waals surface area contributed by atoms with Crippen LogP contribution in [0.3, 0.4) is 0 Å². The van der Waals surface area contributed by atoms with Crippen LogP contribution in [-0.4, -0.2) is 9.78 Å². The first kappa shape index (κ1) is 14.5. The van der Waals surface area contributed by atoms with Crippen LogP contribution < -0.4 is 0 Å². The fraction of sp³-hybridized carbons (Fsp3) is 0.438. The highest BCUT2D eigenvalue weighted by Crippen LogP contribution is 2.08. The summed E-state index contributed by atoms with van der Waals surface area (Å²) in [6.07, 6.45) is 4.40. The van der Waals surface area contributed by atoms with Gasteiger partial charge in [0.2, 0.25) is 0 Å². The molecule has 0 bridgehead atoms. The Morgan fingerprint density at radius 2 is 1.61 bits per heavy atom. The fourth-order valence-corrected chi connectivity index (χ4v) is 1.84. The van der Waals surface area contributed by atoms with Crippen LogP contribution >= 0.6 is 0 Å². The molecule has 0 N–H and O–H groups in total. The molecule has 18 heavy (non-hydrogen) atoms. The van der Waals surface area contributed by atoms with Gasteiger partial charge in [-0.15, -0.1) is 0 Å². The van der Waals surface area contributed by atoms with Gasteiger partial charge < -0.3 is 0 Å². The van der Waals surface area contributed by atoms with Crippen LogP contribution in [0.4, 0.5) is 0 Å². The summed E-state index contributed by atoms with van der Waals surface area (Å²) in [4.78, 5) is 0. The van der Waals surface area contributed by atoms with Crippen LogP contribution in [-0.2, 0) is 13.0 Å². The third-order valence-corrected chi connectivity index (χ3v) is 2.68. The zero-order chi connectivity index (χ0) is 13.4. The maximum absolute atomic E-state index is 4.38. The molecule has 0 radical (unpaired) electrons. The van der Waals surface area contributed by atoms with Gasteiger partial charge in [-0.25, -0.2) is 0 Å². The molecule has 1 heterocycles. The summed E-state index contributed by atoms with van der Waals surface area (Å²) in [7, 11) is 0. The van der Waals surface area contributed by atoms with Gasteiger partial charge in [0.05, 0.1) is 12.2 Å². The van der Waals surface area contributed by atoms with E-state index in [4.69, 9.17) is 0 Å². The van der Waals surface area contributed by atoms with Crippen LogP contribution in [0, 0.1) is 6.92 Å². The minimum atomic E-state index is 0.861. The summed E-state index contributed by atoms with van der Waals surface area (Å²) < 4.78 is 1.98. The normalized spacial score (nSPS) is 9.78. The van der Waals surface area contributed by atoms with Crippen molar-refractivity contribution in [1.29, 1.82) is 0 Å². The molecule has 2 heteroatoms. The van der Waals surface area contributed by atoms with E-state index in [2.05, 4.69) is 36.3 Å². The lowest BCUT2D eigenvalue weighted by Crippen LogP contribution is -2.00. The van der Waals surface area contributed by atoms with E-state index in [1.807, 2.05) is 37.7 Å². The predicted molar refractivity (Wildman–Crippen MR) is 77.9 cm³/mol. The molecule has 0 saturated heterocycles. The second-order valence-electron chi connectivity index (χ2n) is 4.22. The summed E-state index contributed by atoms with van der Waals surface area (Å²) in [6, 6.07) is 10.9. The quantitative estimate of drug-likeness (QED) is 0.787. The second-order valence-corrected chi connectivity index (χ2v) is 4.22. The van der Waals surface area contributed by atoms with Crippen molar-refractivity contribution in [2.75, 3.05) is 0 Å². The zero-order valence-electron chi connectivity index (χ0n) is 12.0. The molecule has 1 aromatic carbocycles. The lowest BCUT2D eigenvalue weighted by molar-refractivity contribution is 0.679. The molecule has 0 aliphatic carbocycles. The highest BCUT2D eigenvalue weighted by Gasteiger charge is 1.97. The summed E-state index contributed by atoms with van der Waals surface area (Å²) in [5.74, 6) is 0. The van der Waals surface area contributed by atoms with Gasteiger partial charge in [-0.3, -0.25) is 4.68 Å². The molecule has 2 aromatic rings. The number of hydrogen-bond acceptors (Lipinski definition) is 1. The van der Waals surface area contributed by atoms with E-state index in [-0.39, 0.29) is 0 Å². The first-order valence-corrected chi connectivity index (χ1v) is 6.86. The Kier molecular flexibility index (Phi) is 6.20. The predicted octanol–water partition coefficient (Wildman–Crippen LogP) is 4.22. The van der Waals surface area contributed by atoms with Crippen molar-refractivity contribution in [2.45, 2.75) is 47.1 Å². The molecular formula is C16H24N2. The minimum Gasteiger partial charge on any atom is -0.268 e. The van der Waals surface area contributed by atoms with Gasteiger partial charge >= 0.3 is 0 Å². The minimum absolute atomic E-state index is 0.861. The Morgan fingerprint density at radius 1 is 1.00 bits per heavy atom. The van der Waals surface area contributed by atoms with Crippen molar-refractivity contribution in [3.8, 4) is 0 Å². The topological polar surface area (TPSA) is 17.8 Å². The Bertz CT molecular complexity index is 440.